The van der Waals surface area contributed by atoms with Crippen LogP contribution in [0.5, 0.6) is 0 Å². The summed E-state index contributed by atoms with van der Waals surface area (Å²) in [5, 5.41) is 3.23. The van der Waals surface area contributed by atoms with E-state index in [9.17, 15) is 4.79 Å². The Bertz CT molecular complexity index is 1010. The number of fused-ring (bicyclic) bond motifs is 1. The minimum absolute atomic E-state index is 0.0203. The van der Waals surface area contributed by atoms with Gasteiger partial charge in [-0.05, 0) is 55.9 Å². The molecule has 4 rings (SSSR count). The predicted octanol–water partition coefficient (Wildman–Crippen LogP) is 4.66. The molecule has 0 saturated heterocycles. The second-order valence-corrected chi connectivity index (χ2v) is 9.51. The van der Waals surface area contributed by atoms with E-state index in [0.717, 1.165) is 40.1 Å². The molecular weight excluding hydrogens is 368 g/mol. The van der Waals surface area contributed by atoms with Crippen LogP contribution in [0.15, 0.2) is 36.8 Å². The Morgan fingerprint density at radius 1 is 1.25 bits per heavy atom. The minimum Gasteiger partial charge on any atom is -0.344 e. The van der Waals surface area contributed by atoms with Crippen LogP contribution in [0, 0.1) is 19.3 Å². The zero-order chi connectivity index (χ0) is 19.9. The fourth-order valence-corrected chi connectivity index (χ4v) is 4.67. The highest BCUT2D eigenvalue weighted by atomic mass is 32.1. The number of aromatic nitrogens is 3. The summed E-state index contributed by atoms with van der Waals surface area (Å²) in [5.41, 5.74) is 4.20. The normalized spacial score (nSPS) is 17.8. The molecule has 1 aliphatic carbocycles. The minimum atomic E-state index is -0.0829. The summed E-state index contributed by atoms with van der Waals surface area (Å²) in [7, 11) is 0. The average molecular weight is 393 g/mol. The summed E-state index contributed by atoms with van der Waals surface area (Å²) >= 11 is 1.54. The quantitative estimate of drug-likeness (QED) is 0.704. The van der Waals surface area contributed by atoms with Crippen molar-refractivity contribution >= 4 is 17.2 Å². The van der Waals surface area contributed by atoms with Gasteiger partial charge in [-0.3, -0.25) is 9.78 Å². The molecule has 5 nitrogen and oxygen atoms in total. The van der Waals surface area contributed by atoms with Crippen LogP contribution in [0.2, 0.25) is 0 Å². The van der Waals surface area contributed by atoms with Gasteiger partial charge in [0.1, 0.15) is 0 Å². The number of nitrogens with one attached hydrogen (secondary N) is 1. The van der Waals surface area contributed by atoms with Crippen molar-refractivity contribution in [3.05, 3.63) is 63.4 Å². The molecular formula is C22H24N4OS. The van der Waals surface area contributed by atoms with E-state index in [1.165, 1.54) is 4.88 Å². The number of pyridine rings is 1. The van der Waals surface area contributed by atoms with E-state index in [1.54, 1.807) is 23.7 Å². The van der Waals surface area contributed by atoms with Crippen molar-refractivity contribution < 1.29 is 4.79 Å². The highest BCUT2D eigenvalue weighted by Crippen LogP contribution is 2.40. The Morgan fingerprint density at radius 3 is 2.68 bits per heavy atom. The van der Waals surface area contributed by atoms with Gasteiger partial charge in [0.2, 0.25) is 0 Å². The van der Waals surface area contributed by atoms with Gasteiger partial charge < -0.3 is 5.32 Å². The number of aryl methyl sites for hydroxylation is 2. The first-order valence-electron chi connectivity index (χ1n) is 9.46. The first-order valence-corrected chi connectivity index (χ1v) is 10.3. The van der Waals surface area contributed by atoms with E-state index in [0.29, 0.717) is 5.82 Å². The maximum atomic E-state index is 12.8. The first kappa shape index (κ1) is 18.7. The second kappa shape index (κ2) is 7.09. The lowest BCUT2D eigenvalue weighted by molar-refractivity contribution is 0.0923. The van der Waals surface area contributed by atoms with Crippen molar-refractivity contribution in [3.8, 4) is 11.4 Å². The van der Waals surface area contributed by atoms with E-state index in [2.05, 4.69) is 29.1 Å². The molecule has 0 aliphatic heterocycles. The van der Waals surface area contributed by atoms with Crippen LogP contribution < -0.4 is 5.32 Å². The van der Waals surface area contributed by atoms with Crippen molar-refractivity contribution in [3.63, 3.8) is 0 Å². The maximum absolute atomic E-state index is 12.8. The van der Waals surface area contributed by atoms with Crippen LogP contribution in [0.4, 0.5) is 0 Å². The van der Waals surface area contributed by atoms with Crippen molar-refractivity contribution in [2.45, 2.75) is 46.6 Å². The molecule has 0 saturated carbocycles. The van der Waals surface area contributed by atoms with Crippen LogP contribution in [-0.4, -0.2) is 20.9 Å². The fraction of sp³-hybridized carbons (Fsp3) is 0.364. The van der Waals surface area contributed by atoms with E-state index in [-0.39, 0.29) is 17.4 Å². The Kier molecular flexibility index (Phi) is 4.75. The van der Waals surface area contributed by atoms with Crippen LogP contribution in [-0.2, 0) is 6.42 Å². The van der Waals surface area contributed by atoms with Crippen LogP contribution >= 0.6 is 11.3 Å². The molecule has 28 heavy (non-hydrogen) atoms. The van der Waals surface area contributed by atoms with Crippen LogP contribution in [0.25, 0.3) is 11.4 Å². The first-order chi connectivity index (χ1) is 13.3. The Morgan fingerprint density at radius 2 is 2.00 bits per heavy atom. The molecule has 0 fully saturated rings. The molecule has 1 atom stereocenters. The van der Waals surface area contributed by atoms with Gasteiger partial charge in [0.15, 0.2) is 5.82 Å². The molecule has 0 unspecified atom stereocenters. The number of carbonyl (C=O) groups excluding carboxylic acids is 1. The molecule has 1 N–H and O–H groups in total. The predicted molar refractivity (Wildman–Crippen MR) is 111 cm³/mol. The third kappa shape index (κ3) is 3.69. The molecule has 144 valence electrons. The van der Waals surface area contributed by atoms with Gasteiger partial charge in [-0.1, -0.05) is 13.8 Å². The molecule has 0 spiro atoms. The summed E-state index contributed by atoms with van der Waals surface area (Å²) in [6, 6.07) is 5.71. The smallest absolute Gasteiger partial charge is 0.261 e. The number of hydrogen-bond acceptors (Lipinski definition) is 5. The number of rotatable bonds is 3. The molecule has 1 aliphatic rings. The molecule has 0 aromatic carbocycles. The maximum Gasteiger partial charge on any atom is 0.261 e. The highest BCUT2D eigenvalue weighted by molar-refractivity contribution is 7.14. The third-order valence-corrected chi connectivity index (χ3v) is 6.46. The highest BCUT2D eigenvalue weighted by Gasteiger charge is 2.35. The topological polar surface area (TPSA) is 67.8 Å². The van der Waals surface area contributed by atoms with Gasteiger partial charge in [0.25, 0.3) is 5.91 Å². The third-order valence-electron chi connectivity index (χ3n) is 5.31. The summed E-state index contributed by atoms with van der Waals surface area (Å²) in [4.78, 5) is 28.3. The number of amides is 1. The molecule has 1 amide bonds. The largest absolute Gasteiger partial charge is 0.344 e. The molecule has 0 radical (unpaired) electrons. The van der Waals surface area contributed by atoms with E-state index >= 15 is 0 Å². The van der Waals surface area contributed by atoms with Crippen molar-refractivity contribution in [2.24, 2.45) is 5.41 Å². The van der Waals surface area contributed by atoms with Gasteiger partial charge in [-0.15, -0.1) is 11.3 Å². The molecule has 3 aromatic rings. The molecule has 3 heterocycles. The summed E-state index contributed by atoms with van der Waals surface area (Å²) < 4.78 is 0. The molecule has 6 heteroatoms. The van der Waals surface area contributed by atoms with Gasteiger partial charge in [-0.25, -0.2) is 9.97 Å². The zero-order valence-electron chi connectivity index (χ0n) is 16.6. The lowest BCUT2D eigenvalue weighted by Crippen LogP contribution is -2.37. The van der Waals surface area contributed by atoms with Crippen LogP contribution in [0.1, 0.15) is 57.7 Å². The summed E-state index contributed by atoms with van der Waals surface area (Å²) in [6.45, 7) is 8.53. The fourth-order valence-electron chi connectivity index (χ4n) is 3.73. The summed E-state index contributed by atoms with van der Waals surface area (Å²) in [6.07, 6.45) is 7.11. The zero-order valence-corrected chi connectivity index (χ0v) is 17.4. The Hall–Kier alpha value is -2.60. The lowest BCUT2D eigenvalue weighted by Gasteiger charge is -2.36. The van der Waals surface area contributed by atoms with Crippen molar-refractivity contribution in [1.29, 1.82) is 0 Å². The van der Waals surface area contributed by atoms with E-state index in [4.69, 9.17) is 4.98 Å². The number of hydrogen-bond donors (Lipinski definition) is 1. The lowest BCUT2D eigenvalue weighted by atomic mass is 9.74. The Balaban J connectivity index is 1.65. The molecule has 3 aromatic heterocycles. The number of carbonyl (C=O) groups is 1. The molecule has 0 bridgehead atoms. The van der Waals surface area contributed by atoms with E-state index in [1.807, 2.05) is 38.2 Å². The van der Waals surface area contributed by atoms with Crippen LogP contribution in [0.3, 0.4) is 0 Å². The number of nitrogens with zero attached hydrogens (tertiary/aromatic N) is 3. The Labute approximate surface area is 169 Å². The van der Waals surface area contributed by atoms with Gasteiger partial charge in [0, 0.05) is 34.6 Å². The van der Waals surface area contributed by atoms with Gasteiger partial charge >= 0.3 is 0 Å². The average Bonchev–Trinajstić information content (AvgIpc) is 3.00. The van der Waals surface area contributed by atoms with Gasteiger partial charge in [-0.2, -0.15) is 0 Å². The van der Waals surface area contributed by atoms with Crippen molar-refractivity contribution in [2.75, 3.05) is 0 Å². The monoisotopic (exact) mass is 392 g/mol. The van der Waals surface area contributed by atoms with Gasteiger partial charge in [0.05, 0.1) is 16.6 Å². The SMILES string of the molecule is Cc1cc(C(=O)N[C@H]2CC(C)(C)Cc3nc(-c4ccncc4)ncc32)sc1C. The summed E-state index contributed by atoms with van der Waals surface area (Å²) in [5.74, 6) is 0.682. The number of thiophene rings is 1. The standard InChI is InChI=1S/C22H24N4OS/c1-13-9-19(28-14(13)2)21(27)26-18-11-22(3,4)10-17-16(18)12-24-20(25-17)15-5-7-23-8-6-15/h5-9,12,18H,10-11H2,1-4H3,(H,26,27)/t18-/m0/s1. The van der Waals surface area contributed by atoms with Crippen molar-refractivity contribution in [1.82, 2.24) is 20.3 Å². The second-order valence-electron chi connectivity index (χ2n) is 8.25. The van der Waals surface area contributed by atoms with E-state index < -0.39 is 0 Å².